The second-order valence-corrected chi connectivity index (χ2v) is 6.39. The summed E-state index contributed by atoms with van der Waals surface area (Å²) < 4.78 is 10.0. The summed E-state index contributed by atoms with van der Waals surface area (Å²) >= 11 is 0. The Morgan fingerprint density at radius 1 is 0.800 bits per heavy atom. The largest absolute Gasteiger partial charge is 0.462 e. The minimum absolute atomic E-state index is 0.162. The summed E-state index contributed by atoms with van der Waals surface area (Å²) in [5.74, 6) is -0.911. The van der Waals surface area contributed by atoms with Crippen molar-refractivity contribution in [1.82, 2.24) is 0 Å². The van der Waals surface area contributed by atoms with Gasteiger partial charge in [0.2, 0.25) is 0 Å². The summed E-state index contributed by atoms with van der Waals surface area (Å²) in [7, 11) is 0. The van der Waals surface area contributed by atoms with Crippen LogP contribution in [0.2, 0.25) is 0 Å². The van der Waals surface area contributed by atoms with Gasteiger partial charge in [0, 0.05) is 5.57 Å². The maximum Gasteiger partial charge on any atom is 0.337 e. The predicted octanol–water partition coefficient (Wildman–Crippen LogP) is 5.52. The maximum absolute atomic E-state index is 11.8. The van der Waals surface area contributed by atoms with Crippen molar-refractivity contribution in [2.45, 2.75) is 85.0 Å². The van der Waals surface area contributed by atoms with E-state index in [-0.39, 0.29) is 12.2 Å². The topological polar surface area (TPSA) is 52.6 Å². The molecule has 0 saturated heterocycles. The van der Waals surface area contributed by atoms with Gasteiger partial charge in [0.25, 0.3) is 0 Å². The van der Waals surface area contributed by atoms with Gasteiger partial charge in [-0.05, 0) is 26.3 Å². The van der Waals surface area contributed by atoms with Crippen LogP contribution in [0.15, 0.2) is 23.8 Å². The second kappa shape index (κ2) is 15.9. The van der Waals surface area contributed by atoms with E-state index in [1.165, 1.54) is 57.4 Å². The van der Waals surface area contributed by atoms with Crippen LogP contribution in [0.3, 0.4) is 0 Å². The molecule has 25 heavy (non-hydrogen) atoms. The van der Waals surface area contributed by atoms with Gasteiger partial charge in [-0.1, -0.05) is 71.3 Å². The molecule has 0 spiro atoms. The number of hydrogen-bond donors (Lipinski definition) is 0. The summed E-state index contributed by atoms with van der Waals surface area (Å²) in [6, 6.07) is 0. The smallest absolute Gasteiger partial charge is 0.337 e. The highest BCUT2D eigenvalue weighted by molar-refractivity contribution is 5.95. The fourth-order valence-corrected chi connectivity index (χ4v) is 2.47. The number of unbranched alkanes of at least 4 members (excludes halogenated alkanes) is 9. The molecule has 0 saturated carbocycles. The van der Waals surface area contributed by atoms with Gasteiger partial charge in [-0.2, -0.15) is 0 Å². The van der Waals surface area contributed by atoms with E-state index < -0.39 is 11.9 Å². The second-order valence-electron chi connectivity index (χ2n) is 6.39. The Bertz CT molecular complexity index is 424. The molecule has 0 heterocycles. The minimum Gasteiger partial charge on any atom is -0.462 e. The molecular weight excluding hydrogens is 316 g/mol. The highest BCUT2D eigenvalue weighted by Gasteiger charge is 2.10. The normalized spacial score (nSPS) is 11.2. The molecule has 0 radical (unpaired) electrons. The van der Waals surface area contributed by atoms with Gasteiger partial charge in [0.05, 0.1) is 18.8 Å². The Morgan fingerprint density at radius 3 is 1.84 bits per heavy atom. The lowest BCUT2D eigenvalue weighted by atomic mass is 10.1. The lowest BCUT2D eigenvalue weighted by Gasteiger charge is -2.06. The molecule has 0 bridgehead atoms. The van der Waals surface area contributed by atoms with Crippen molar-refractivity contribution >= 4 is 11.9 Å². The molecule has 0 aliphatic heterocycles. The van der Waals surface area contributed by atoms with Crippen LogP contribution in [-0.4, -0.2) is 25.2 Å². The minimum atomic E-state index is -0.510. The number of carbonyl (C=O) groups excluding carboxylic acids is 2. The number of hydrogen-bond acceptors (Lipinski definition) is 4. The van der Waals surface area contributed by atoms with Crippen LogP contribution in [0.1, 0.15) is 85.0 Å². The standard InChI is InChI=1S/C21H36O4/c1-5-7-8-9-10-11-12-13-14-15-16-25-21(23)19(4)17-18(3)20(22)24-6-2/h17H,3,5-16H2,1-2,4H3/b19-17+. The van der Waals surface area contributed by atoms with Crippen molar-refractivity contribution in [3.63, 3.8) is 0 Å². The number of carbonyl (C=O) groups is 2. The summed E-state index contributed by atoms with van der Waals surface area (Å²) in [4.78, 5) is 23.3. The quantitative estimate of drug-likeness (QED) is 0.169. The third-order valence-electron chi connectivity index (χ3n) is 3.98. The fourth-order valence-electron chi connectivity index (χ4n) is 2.47. The SMILES string of the molecule is C=C(/C=C(\C)C(=O)OCCCCCCCCCCCC)C(=O)OCC. The van der Waals surface area contributed by atoms with E-state index in [0.717, 1.165) is 12.8 Å². The zero-order valence-electron chi connectivity index (χ0n) is 16.4. The molecule has 0 aromatic carbocycles. The van der Waals surface area contributed by atoms with Gasteiger partial charge in [0.1, 0.15) is 0 Å². The third-order valence-corrected chi connectivity index (χ3v) is 3.98. The van der Waals surface area contributed by atoms with Crippen molar-refractivity contribution in [3.8, 4) is 0 Å². The Kier molecular flexibility index (Phi) is 14.9. The van der Waals surface area contributed by atoms with Gasteiger partial charge in [-0.15, -0.1) is 0 Å². The van der Waals surface area contributed by atoms with Crippen molar-refractivity contribution in [2.24, 2.45) is 0 Å². The molecule has 0 aromatic heterocycles. The molecule has 0 atom stereocenters. The Hall–Kier alpha value is -1.58. The fraction of sp³-hybridized carbons (Fsp3) is 0.714. The van der Waals surface area contributed by atoms with Crippen molar-refractivity contribution < 1.29 is 19.1 Å². The van der Waals surface area contributed by atoms with E-state index in [0.29, 0.717) is 12.2 Å². The molecule has 0 amide bonds. The van der Waals surface area contributed by atoms with Crippen LogP contribution >= 0.6 is 0 Å². The monoisotopic (exact) mass is 352 g/mol. The van der Waals surface area contributed by atoms with E-state index in [2.05, 4.69) is 13.5 Å². The van der Waals surface area contributed by atoms with Crippen molar-refractivity contribution in [2.75, 3.05) is 13.2 Å². The van der Waals surface area contributed by atoms with Crippen LogP contribution in [0.25, 0.3) is 0 Å². The molecule has 0 N–H and O–H groups in total. The van der Waals surface area contributed by atoms with Gasteiger partial charge < -0.3 is 9.47 Å². The summed E-state index contributed by atoms with van der Waals surface area (Å²) in [5.41, 5.74) is 0.528. The van der Waals surface area contributed by atoms with Crippen LogP contribution in [0.4, 0.5) is 0 Å². The molecule has 0 aliphatic carbocycles. The summed E-state index contributed by atoms with van der Waals surface area (Å²) in [6.07, 6.45) is 13.8. The average Bonchev–Trinajstić information content (AvgIpc) is 2.59. The van der Waals surface area contributed by atoms with Crippen LogP contribution in [0, 0.1) is 0 Å². The summed E-state index contributed by atoms with van der Waals surface area (Å²) in [6.45, 7) is 9.89. The molecule has 0 fully saturated rings. The van der Waals surface area contributed by atoms with Crippen molar-refractivity contribution in [3.05, 3.63) is 23.8 Å². The number of esters is 2. The first-order chi connectivity index (χ1) is 12.0. The van der Waals surface area contributed by atoms with Crippen LogP contribution < -0.4 is 0 Å². The first kappa shape index (κ1) is 23.4. The Labute approximate surface area is 153 Å². The zero-order chi connectivity index (χ0) is 18.9. The predicted molar refractivity (Wildman–Crippen MR) is 102 cm³/mol. The molecule has 0 rings (SSSR count). The molecule has 4 heteroatoms. The molecule has 144 valence electrons. The first-order valence-corrected chi connectivity index (χ1v) is 9.74. The van der Waals surface area contributed by atoms with E-state index in [9.17, 15) is 9.59 Å². The summed E-state index contributed by atoms with van der Waals surface area (Å²) in [5, 5.41) is 0. The van der Waals surface area contributed by atoms with Crippen LogP contribution in [0.5, 0.6) is 0 Å². The lowest BCUT2D eigenvalue weighted by Crippen LogP contribution is -2.10. The van der Waals surface area contributed by atoms with E-state index in [4.69, 9.17) is 9.47 Å². The molecule has 4 nitrogen and oxygen atoms in total. The Morgan fingerprint density at radius 2 is 1.32 bits per heavy atom. The van der Waals surface area contributed by atoms with Gasteiger partial charge in [-0.25, -0.2) is 9.59 Å². The highest BCUT2D eigenvalue weighted by Crippen LogP contribution is 2.11. The van der Waals surface area contributed by atoms with E-state index in [1.807, 2.05) is 0 Å². The Balaban J connectivity index is 3.69. The average molecular weight is 353 g/mol. The van der Waals surface area contributed by atoms with Crippen molar-refractivity contribution in [1.29, 1.82) is 0 Å². The molecular formula is C21H36O4. The van der Waals surface area contributed by atoms with E-state index in [1.54, 1.807) is 13.8 Å². The van der Waals surface area contributed by atoms with Crippen LogP contribution in [-0.2, 0) is 19.1 Å². The van der Waals surface area contributed by atoms with Gasteiger partial charge >= 0.3 is 11.9 Å². The lowest BCUT2D eigenvalue weighted by molar-refractivity contribution is -0.139. The number of ether oxygens (including phenoxy) is 2. The first-order valence-electron chi connectivity index (χ1n) is 9.74. The molecule has 0 aliphatic rings. The molecule has 0 unspecified atom stereocenters. The third kappa shape index (κ3) is 13.4. The molecule has 0 aromatic rings. The van der Waals surface area contributed by atoms with Gasteiger partial charge in [-0.3, -0.25) is 0 Å². The highest BCUT2D eigenvalue weighted by atomic mass is 16.5. The zero-order valence-corrected chi connectivity index (χ0v) is 16.4. The van der Waals surface area contributed by atoms with Gasteiger partial charge in [0.15, 0.2) is 0 Å². The van der Waals surface area contributed by atoms with E-state index >= 15 is 0 Å². The maximum atomic E-state index is 11.8. The number of rotatable bonds is 15.